The van der Waals surface area contributed by atoms with Crippen LogP contribution in [0.1, 0.15) is 0 Å². The Bertz CT molecular complexity index is 472. The van der Waals surface area contributed by atoms with E-state index in [9.17, 15) is 10.1 Å². The monoisotopic (exact) mass is 238 g/mol. The highest BCUT2D eigenvalue weighted by Crippen LogP contribution is 2.40. The van der Waals surface area contributed by atoms with E-state index in [1.54, 1.807) is 6.07 Å². The molecule has 1 aromatic rings. The zero-order valence-corrected chi connectivity index (χ0v) is 8.84. The second-order valence-electron chi connectivity index (χ2n) is 3.86. The van der Waals surface area contributed by atoms with Crippen molar-refractivity contribution in [2.75, 3.05) is 25.3 Å². The van der Waals surface area contributed by atoms with Crippen LogP contribution in [0.5, 0.6) is 11.5 Å². The summed E-state index contributed by atoms with van der Waals surface area (Å²) in [7, 11) is 0. The number of anilines is 1. The number of fused-ring (bicyclic) bond motifs is 1. The number of rotatable bonds is 3. The van der Waals surface area contributed by atoms with Crippen LogP contribution in [0.25, 0.3) is 0 Å². The first-order valence-corrected chi connectivity index (χ1v) is 5.16. The van der Waals surface area contributed by atoms with Crippen molar-refractivity contribution in [2.24, 2.45) is 0 Å². The molecule has 0 atom stereocenters. The lowest BCUT2D eigenvalue weighted by Gasteiger charge is -2.27. The van der Waals surface area contributed by atoms with Crippen molar-refractivity contribution in [1.82, 2.24) is 0 Å². The molecule has 1 fully saturated rings. The molecule has 2 aliphatic heterocycles. The predicted octanol–water partition coefficient (Wildman–Crippen LogP) is 1.13. The van der Waals surface area contributed by atoms with Crippen LogP contribution in [-0.2, 0) is 4.74 Å². The third-order valence-corrected chi connectivity index (χ3v) is 2.69. The van der Waals surface area contributed by atoms with Gasteiger partial charge in [-0.2, -0.15) is 0 Å². The topological polar surface area (TPSA) is 82.9 Å². The Hall–Kier alpha value is -2.02. The van der Waals surface area contributed by atoms with Crippen LogP contribution in [0.2, 0.25) is 0 Å². The summed E-state index contributed by atoms with van der Waals surface area (Å²) in [6.07, 6.45) is 0. The van der Waals surface area contributed by atoms with Crippen LogP contribution in [0, 0.1) is 10.1 Å². The van der Waals surface area contributed by atoms with Gasteiger partial charge in [-0.15, -0.1) is 0 Å². The van der Waals surface area contributed by atoms with E-state index >= 15 is 0 Å². The fourth-order valence-electron chi connectivity index (χ4n) is 1.74. The molecule has 7 nitrogen and oxygen atoms in total. The van der Waals surface area contributed by atoms with E-state index in [0.29, 0.717) is 30.4 Å². The molecule has 1 saturated heterocycles. The van der Waals surface area contributed by atoms with E-state index in [4.69, 9.17) is 14.2 Å². The molecular weight excluding hydrogens is 228 g/mol. The highest BCUT2D eigenvalue weighted by molar-refractivity contribution is 5.69. The highest BCUT2D eigenvalue weighted by atomic mass is 16.7. The lowest BCUT2D eigenvalue weighted by molar-refractivity contribution is -0.384. The van der Waals surface area contributed by atoms with E-state index in [1.165, 1.54) is 6.07 Å². The van der Waals surface area contributed by atoms with Gasteiger partial charge in [0.25, 0.3) is 5.69 Å². The molecule has 0 spiro atoms. The third kappa shape index (κ3) is 1.74. The standard InChI is InChI=1S/C10H10N2O5/c13-12(14)8-2-10-9(16-5-17-10)1-7(8)11-6-3-15-4-6/h1-2,6,11H,3-5H2. The van der Waals surface area contributed by atoms with Gasteiger partial charge in [-0.05, 0) is 0 Å². The second-order valence-corrected chi connectivity index (χ2v) is 3.86. The highest BCUT2D eigenvalue weighted by Gasteiger charge is 2.26. The third-order valence-electron chi connectivity index (χ3n) is 2.69. The van der Waals surface area contributed by atoms with Gasteiger partial charge in [0.05, 0.1) is 30.2 Å². The van der Waals surface area contributed by atoms with Gasteiger partial charge in [-0.25, -0.2) is 0 Å². The van der Waals surface area contributed by atoms with E-state index in [0.717, 1.165) is 0 Å². The smallest absolute Gasteiger partial charge is 0.296 e. The summed E-state index contributed by atoms with van der Waals surface area (Å²) in [6, 6.07) is 3.09. The van der Waals surface area contributed by atoms with Crippen LogP contribution < -0.4 is 14.8 Å². The molecule has 2 aliphatic rings. The lowest BCUT2D eigenvalue weighted by Crippen LogP contribution is -2.40. The van der Waals surface area contributed by atoms with E-state index < -0.39 is 4.92 Å². The number of nitro benzene ring substituents is 1. The summed E-state index contributed by atoms with van der Waals surface area (Å²) in [6.45, 7) is 1.22. The van der Waals surface area contributed by atoms with E-state index in [-0.39, 0.29) is 18.5 Å². The van der Waals surface area contributed by atoms with Crippen LogP contribution >= 0.6 is 0 Å². The van der Waals surface area contributed by atoms with Crippen LogP contribution in [0.15, 0.2) is 12.1 Å². The van der Waals surface area contributed by atoms with Gasteiger partial charge >= 0.3 is 0 Å². The van der Waals surface area contributed by atoms with Gasteiger partial charge in [0, 0.05) is 6.07 Å². The molecule has 0 bridgehead atoms. The zero-order chi connectivity index (χ0) is 11.8. The first-order valence-electron chi connectivity index (χ1n) is 5.16. The number of hydrogen-bond donors (Lipinski definition) is 1. The van der Waals surface area contributed by atoms with Crippen molar-refractivity contribution >= 4 is 11.4 Å². The summed E-state index contributed by atoms with van der Waals surface area (Å²) in [5.41, 5.74) is 0.425. The summed E-state index contributed by atoms with van der Waals surface area (Å²) >= 11 is 0. The molecule has 3 rings (SSSR count). The van der Waals surface area contributed by atoms with Crippen LogP contribution in [0.4, 0.5) is 11.4 Å². The molecule has 2 heterocycles. The molecule has 1 N–H and O–H groups in total. The molecule has 0 amide bonds. The first kappa shape index (κ1) is 10.2. The number of hydrogen-bond acceptors (Lipinski definition) is 6. The van der Waals surface area contributed by atoms with Gasteiger partial charge in [0.2, 0.25) is 6.79 Å². The van der Waals surface area contributed by atoms with Crippen molar-refractivity contribution < 1.29 is 19.1 Å². The summed E-state index contributed by atoms with van der Waals surface area (Å²) in [4.78, 5) is 10.5. The van der Waals surface area contributed by atoms with Gasteiger partial charge in [-0.3, -0.25) is 10.1 Å². The Balaban J connectivity index is 1.95. The van der Waals surface area contributed by atoms with E-state index in [1.807, 2.05) is 0 Å². The maximum atomic E-state index is 10.9. The number of benzene rings is 1. The maximum Gasteiger partial charge on any atom is 0.296 e. The average Bonchev–Trinajstić information content (AvgIpc) is 2.68. The van der Waals surface area contributed by atoms with Crippen molar-refractivity contribution in [1.29, 1.82) is 0 Å². The van der Waals surface area contributed by atoms with Crippen molar-refractivity contribution in [3.05, 3.63) is 22.2 Å². The molecule has 0 aliphatic carbocycles. The minimum absolute atomic E-state index is 0.0128. The van der Waals surface area contributed by atoms with Crippen LogP contribution in [0.3, 0.4) is 0 Å². The summed E-state index contributed by atoms with van der Waals surface area (Å²) in [5.74, 6) is 0.936. The molecule has 0 aromatic heterocycles. The summed E-state index contributed by atoms with van der Waals surface area (Å²) < 4.78 is 15.3. The minimum atomic E-state index is -0.441. The number of ether oxygens (including phenoxy) is 3. The van der Waals surface area contributed by atoms with Crippen molar-refractivity contribution in [3.8, 4) is 11.5 Å². The van der Waals surface area contributed by atoms with Crippen molar-refractivity contribution in [2.45, 2.75) is 6.04 Å². The Morgan fingerprint density at radius 2 is 2.00 bits per heavy atom. The molecule has 17 heavy (non-hydrogen) atoms. The fraction of sp³-hybridized carbons (Fsp3) is 0.400. The molecule has 0 saturated carbocycles. The zero-order valence-electron chi connectivity index (χ0n) is 8.84. The van der Waals surface area contributed by atoms with Crippen molar-refractivity contribution in [3.63, 3.8) is 0 Å². The summed E-state index contributed by atoms with van der Waals surface area (Å²) in [5, 5.41) is 14.0. The van der Waals surface area contributed by atoms with Gasteiger partial charge in [0.1, 0.15) is 5.69 Å². The Morgan fingerprint density at radius 3 is 2.59 bits per heavy atom. The molecule has 7 heteroatoms. The molecule has 0 unspecified atom stereocenters. The van der Waals surface area contributed by atoms with Gasteiger partial charge < -0.3 is 19.5 Å². The molecule has 0 radical (unpaired) electrons. The largest absolute Gasteiger partial charge is 0.454 e. The minimum Gasteiger partial charge on any atom is -0.454 e. The molecular formula is C10H10N2O5. The quantitative estimate of drug-likeness (QED) is 0.628. The normalized spacial score (nSPS) is 17.6. The molecule has 1 aromatic carbocycles. The Labute approximate surface area is 96.4 Å². The number of nitrogens with one attached hydrogen (secondary N) is 1. The molecule has 90 valence electrons. The van der Waals surface area contributed by atoms with E-state index in [2.05, 4.69) is 5.32 Å². The van der Waals surface area contributed by atoms with Crippen LogP contribution in [-0.4, -0.2) is 31.0 Å². The fourth-order valence-corrected chi connectivity index (χ4v) is 1.74. The maximum absolute atomic E-state index is 10.9. The Kier molecular flexibility index (Phi) is 2.25. The number of nitro groups is 1. The average molecular weight is 238 g/mol. The number of nitrogens with zero attached hydrogens (tertiary/aromatic N) is 1. The van der Waals surface area contributed by atoms with Gasteiger partial charge in [0.15, 0.2) is 11.5 Å². The Morgan fingerprint density at radius 1 is 1.29 bits per heavy atom. The lowest BCUT2D eigenvalue weighted by atomic mass is 10.2. The van der Waals surface area contributed by atoms with Gasteiger partial charge in [-0.1, -0.05) is 0 Å². The predicted molar refractivity (Wildman–Crippen MR) is 57.4 cm³/mol. The second kappa shape index (κ2) is 3.77. The SMILES string of the molecule is O=[N+]([O-])c1cc2c(cc1NC1COC1)OCO2. The first-order chi connectivity index (χ1) is 8.24.